The maximum absolute atomic E-state index is 12.4. The number of unbranched alkanes of at least 4 members (excludes halogenated alkanes) is 2. The van der Waals surface area contributed by atoms with Crippen molar-refractivity contribution in [3.05, 3.63) is 34.9 Å². The van der Waals surface area contributed by atoms with Gasteiger partial charge in [0.05, 0.1) is 17.2 Å². The number of aliphatic hydroxyl groups is 1. The Bertz CT molecular complexity index is 414. The molecule has 0 spiro atoms. The van der Waals surface area contributed by atoms with Crippen LogP contribution in [0.3, 0.4) is 0 Å². The Balaban J connectivity index is 0.000000763. The van der Waals surface area contributed by atoms with Gasteiger partial charge in [-0.25, -0.2) is 0 Å². The van der Waals surface area contributed by atoms with Gasteiger partial charge in [-0.15, -0.1) is 0 Å². The van der Waals surface area contributed by atoms with E-state index in [1.165, 1.54) is 19.3 Å². The Morgan fingerprint density at radius 3 is 1.41 bits per heavy atom. The van der Waals surface area contributed by atoms with E-state index in [4.69, 9.17) is 5.11 Å². The maximum Gasteiger partial charge on any atom is 0.416 e. The van der Waals surface area contributed by atoms with Gasteiger partial charge in [-0.05, 0) is 30.7 Å². The molecule has 0 aliphatic heterocycles. The predicted molar refractivity (Wildman–Crippen MR) is 72.3 cm³/mol. The Labute approximate surface area is 126 Å². The largest absolute Gasteiger partial charge is 0.416 e. The van der Waals surface area contributed by atoms with Crippen LogP contribution >= 0.6 is 0 Å². The summed E-state index contributed by atoms with van der Waals surface area (Å²) in [5.74, 6) is 0. The fourth-order valence-electron chi connectivity index (χ4n) is 1.57. The van der Waals surface area contributed by atoms with E-state index in [2.05, 4.69) is 13.8 Å². The van der Waals surface area contributed by atoms with Crippen LogP contribution in [-0.4, -0.2) is 5.11 Å². The summed E-state index contributed by atoms with van der Waals surface area (Å²) in [6, 6.07) is 1.02. The molecule has 0 fully saturated rings. The van der Waals surface area contributed by atoms with Crippen LogP contribution in [0.25, 0.3) is 0 Å². The van der Waals surface area contributed by atoms with Crippen LogP contribution in [0.5, 0.6) is 0 Å². The first kappa shape index (κ1) is 20.8. The summed E-state index contributed by atoms with van der Waals surface area (Å²) in [6.07, 6.45) is -7.10. The SMILES string of the molecule is CC(O)c1cc(C(F)(F)F)cc(C(F)(F)F)c1.CCCCC. The second kappa shape index (κ2) is 8.41. The Kier molecular flexibility index (Phi) is 7.93. The number of halogens is 6. The lowest BCUT2D eigenvalue weighted by Gasteiger charge is -2.15. The summed E-state index contributed by atoms with van der Waals surface area (Å²) in [5, 5.41) is 9.07. The Hall–Kier alpha value is -1.24. The molecule has 128 valence electrons. The smallest absolute Gasteiger partial charge is 0.389 e. The molecule has 0 bridgehead atoms. The fraction of sp³-hybridized carbons (Fsp3) is 0.600. The highest BCUT2D eigenvalue weighted by Crippen LogP contribution is 2.37. The predicted octanol–water partition coefficient (Wildman–Crippen LogP) is 5.97. The molecule has 0 aliphatic rings. The lowest BCUT2D eigenvalue weighted by atomic mass is 10.0. The van der Waals surface area contributed by atoms with Gasteiger partial charge in [-0.3, -0.25) is 0 Å². The van der Waals surface area contributed by atoms with Crippen molar-refractivity contribution in [3.63, 3.8) is 0 Å². The van der Waals surface area contributed by atoms with Gasteiger partial charge in [0.2, 0.25) is 0 Å². The van der Waals surface area contributed by atoms with Crippen LogP contribution in [0.15, 0.2) is 18.2 Å². The van der Waals surface area contributed by atoms with Gasteiger partial charge in [-0.1, -0.05) is 33.1 Å². The van der Waals surface area contributed by atoms with E-state index in [0.29, 0.717) is 12.1 Å². The molecule has 1 N–H and O–H groups in total. The number of aliphatic hydroxyl groups excluding tert-OH is 1. The molecule has 1 unspecified atom stereocenters. The van der Waals surface area contributed by atoms with Gasteiger partial charge >= 0.3 is 12.4 Å². The first-order valence-corrected chi connectivity index (χ1v) is 6.90. The molecule has 0 saturated carbocycles. The molecule has 0 aromatic heterocycles. The van der Waals surface area contributed by atoms with Crippen molar-refractivity contribution < 1.29 is 31.4 Å². The third kappa shape index (κ3) is 7.15. The van der Waals surface area contributed by atoms with Gasteiger partial charge in [0, 0.05) is 0 Å². The first-order valence-electron chi connectivity index (χ1n) is 6.90. The van der Waals surface area contributed by atoms with Gasteiger partial charge in [-0.2, -0.15) is 26.3 Å². The minimum absolute atomic E-state index is 0.0197. The zero-order valence-electron chi connectivity index (χ0n) is 12.6. The summed E-state index contributed by atoms with van der Waals surface area (Å²) in [7, 11) is 0. The number of hydrogen-bond acceptors (Lipinski definition) is 1. The van der Waals surface area contributed by atoms with Crippen molar-refractivity contribution in [1.82, 2.24) is 0 Å². The quantitative estimate of drug-likeness (QED) is 0.677. The maximum atomic E-state index is 12.4. The van der Waals surface area contributed by atoms with Crippen molar-refractivity contribution >= 4 is 0 Å². The Morgan fingerprint density at radius 2 is 1.23 bits per heavy atom. The van der Waals surface area contributed by atoms with E-state index in [1.807, 2.05) is 0 Å². The Morgan fingerprint density at radius 1 is 0.864 bits per heavy atom. The van der Waals surface area contributed by atoms with Crippen molar-refractivity contribution in [2.45, 2.75) is 58.5 Å². The van der Waals surface area contributed by atoms with Crippen LogP contribution in [0.2, 0.25) is 0 Å². The second-order valence-corrected chi connectivity index (χ2v) is 4.87. The summed E-state index contributed by atoms with van der Waals surface area (Å²) < 4.78 is 74.1. The van der Waals surface area contributed by atoms with Crippen LogP contribution < -0.4 is 0 Å². The second-order valence-electron chi connectivity index (χ2n) is 4.87. The zero-order valence-corrected chi connectivity index (χ0v) is 12.6. The summed E-state index contributed by atoms with van der Waals surface area (Å²) in [4.78, 5) is 0. The van der Waals surface area contributed by atoms with E-state index in [9.17, 15) is 26.3 Å². The number of benzene rings is 1. The van der Waals surface area contributed by atoms with Crippen molar-refractivity contribution in [1.29, 1.82) is 0 Å². The first-order chi connectivity index (χ1) is 9.93. The third-order valence-electron chi connectivity index (χ3n) is 2.80. The van der Waals surface area contributed by atoms with E-state index < -0.39 is 35.1 Å². The molecule has 0 heterocycles. The van der Waals surface area contributed by atoms with Crippen molar-refractivity contribution in [2.24, 2.45) is 0 Å². The molecule has 1 nitrogen and oxygen atoms in total. The molecule has 0 saturated heterocycles. The average molecular weight is 330 g/mol. The number of alkyl halides is 6. The standard InChI is InChI=1S/C10H8F6O.C5H12/c1-5(17)6-2-7(9(11,12)13)4-8(3-6)10(14,15)16;1-3-5-4-2/h2-5,17H,1H3;3-5H2,1-2H3. The molecule has 0 radical (unpaired) electrons. The zero-order chi connectivity index (χ0) is 17.6. The fourth-order valence-corrected chi connectivity index (χ4v) is 1.57. The van der Waals surface area contributed by atoms with Gasteiger partial charge in [0.25, 0.3) is 0 Å². The van der Waals surface area contributed by atoms with Crippen molar-refractivity contribution in [3.8, 4) is 0 Å². The normalized spacial score (nSPS) is 13.4. The van der Waals surface area contributed by atoms with Crippen LogP contribution in [0.4, 0.5) is 26.3 Å². The number of rotatable bonds is 3. The monoisotopic (exact) mass is 330 g/mol. The van der Waals surface area contributed by atoms with E-state index in [-0.39, 0.29) is 6.07 Å². The van der Waals surface area contributed by atoms with E-state index in [1.54, 1.807) is 0 Å². The minimum Gasteiger partial charge on any atom is -0.389 e. The highest BCUT2D eigenvalue weighted by Gasteiger charge is 2.37. The van der Waals surface area contributed by atoms with Crippen LogP contribution in [-0.2, 0) is 12.4 Å². The van der Waals surface area contributed by atoms with Crippen LogP contribution in [0, 0.1) is 0 Å². The summed E-state index contributed by atoms with van der Waals surface area (Å²) >= 11 is 0. The van der Waals surface area contributed by atoms with Crippen LogP contribution in [0.1, 0.15) is 62.8 Å². The van der Waals surface area contributed by atoms with Gasteiger partial charge in [0.1, 0.15) is 0 Å². The lowest BCUT2D eigenvalue weighted by molar-refractivity contribution is -0.143. The molecule has 0 amide bonds. The number of hydrogen-bond donors (Lipinski definition) is 1. The van der Waals surface area contributed by atoms with Crippen molar-refractivity contribution in [2.75, 3.05) is 0 Å². The molecular weight excluding hydrogens is 310 g/mol. The molecule has 1 atom stereocenters. The summed E-state index contributed by atoms with van der Waals surface area (Å²) in [5.41, 5.74) is -3.28. The van der Waals surface area contributed by atoms with E-state index in [0.717, 1.165) is 6.92 Å². The van der Waals surface area contributed by atoms with E-state index >= 15 is 0 Å². The molecular formula is C15H20F6O. The van der Waals surface area contributed by atoms with Gasteiger partial charge < -0.3 is 5.11 Å². The third-order valence-corrected chi connectivity index (χ3v) is 2.80. The topological polar surface area (TPSA) is 20.2 Å². The minimum atomic E-state index is -4.88. The summed E-state index contributed by atoms with van der Waals surface area (Å²) in [6.45, 7) is 5.52. The average Bonchev–Trinajstić information content (AvgIpc) is 2.37. The molecule has 7 heteroatoms. The molecule has 1 aromatic rings. The molecule has 1 aromatic carbocycles. The highest BCUT2D eigenvalue weighted by atomic mass is 19.4. The highest BCUT2D eigenvalue weighted by molar-refractivity contribution is 5.34. The molecule has 0 aliphatic carbocycles. The van der Waals surface area contributed by atoms with Gasteiger partial charge in [0.15, 0.2) is 0 Å². The molecule has 1 rings (SSSR count). The lowest BCUT2D eigenvalue weighted by Crippen LogP contribution is -2.12. The molecule has 22 heavy (non-hydrogen) atoms.